The minimum absolute atomic E-state index is 0.122. The lowest BCUT2D eigenvalue weighted by Gasteiger charge is -2.36. The van der Waals surface area contributed by atoms with Crippen LogP contribution in [0.2, 0.25) is 0 Å². The van der Waals surface area contributed by atoms with Gasteiger partial charge in [0.25, 0.3) is 0 Å². The molecule has 0 bridgehead atoms. The lowest BCUT2D eigenvalue weighted by Crippen LogP contribution is -2.49. The van der Waals surface area contributed by atoms with Crippen molar-refractivity contribution in [2.45, 2.75) is 25.4 Å². The standard InChI is InChI=1S/C43H51N3O6S/c1-47-37(20-27-52-36-11-9-10-32(28-36)14-15-33-29-39(48-2)42(50-4)40(30-33)49-3)31-46-24-22-45(23-25-46)21-7-8-26-51-35-18-16-34(17-19-35)43-44-38-12-5-6-13-41(38)53-43/h5-6,9-19,28-30,37H,7-8,20-27,31H2,1-4H3. The van der Waals surface area contributed by atoms with Crippen LogP contribution >= 0.6 is 11.3 Å². The first-order valence-corrected chi connectivity index (χ1v) is 19.1. The number of fused-ring (bicyclic) bond motifs is 1. The Bertz CT molecular complexity index is 1850. The van der Waals surface area contributed by atoms with Crippen LogP contribution in [0.15, 0.2) is 84.9 Å². The molecule has 0 amide bonds. The predicted octanol–water partition coefficient (Wildman–Crippen LogP) is 8.42. The quantitative estimate of drug-likeness (QED) is 0.0614. The SMILES string of the molecule is COc1cc(C=Cc2cccc(OCCC(CN3CCN(CCCCOc4ccc(-c5nc6ccccc6s5)cc4)CC3)OC)c2)cc(OC)c1OC. The van der Waals surface area contributed by atoms with Gasteiger partial charge in [0.05, 0.1) is 50.9 Å². The van der Waals surface area contributed by atoms with Gasteiger partial charge in [-0.1, -0.05) is 36.4 Å². The van der Waals surface area contributed by atoms with Crippen LogP contribution in [-0.2, 0) is 4.74 Å². The maximum Gasteiger partial charge on any atom is 0.203 e. The molecule has 0 saturated carbocycles. The molecule has 1 aliphatic heterocycles. The monoisotopic (exact) mass is 737 g/mol. The molecule has 1 unspecified atom stereocenters. The fraction of sp³-hybridized carbons (Fsp3) is 0.372. The zero-order valence-electron chi connectivity index (χ0n) is 31.3. The smallest absolute Gasteiger partial charge is 0.203 e. The second kappa shape index (κ2) is 19.5. The summed E-state index contributed by atoms with van der Waals surface area (Å²) in [5, 5.41) is 1.04. The molecule has 9 nitrogen and oxygen atoms in total. The molecule has 6 rings (SSSR count). The molecule has 4 aromatic carbocycles. The van der Waals surface area contributed by atoms with E-state index in [-0.39, 0.29) is 6.10 Å². The van der Waals surface area contributed by atoms with Crippen LogP contribution in [0.5, 0.6) is 28.7 Å². The molecule has 53 heavy (non-hydrogen) atoms. The zero-order chi connectivity index (χ0) is 36.8. The van der Waals surface area contributed by atoms with Crippen molar-refractivity contribution in [3.63, 3.8) is 0 Å². The molecule has 10 heteroatoms. The summed E-state index contributed by atoms with van der Waals surface area (Å²) in [6.45, 7) is 7.61. The summed E-state index contributed by atoms with van der Waals surface area (Å²) in [6, 6.07) is 28.5. The van der Waals surface area contributed by atoms with Crippen LogP contribution in [0.3, 0.4) is 0 Å². The number of hydrogen-bond acceptors (Lipinski definition) is 10. The summed E-state index contributed by atoms with van der Waals surface area (Å²) in [5.41, 5.74) is 4.16. The van der Waals surface area contributed by atoms with Crippen LogP contribution in [0.4, 0.5) is 0 Å². The van der Waals surface area contributed by atoms with E-state index >= 15 is 0 Å². The minimum atomic E-state index is 0.122. The fourth-order valence-electron chi connectivity index (χ4n) is 6.49. The Kier molecular flexibility index (Phi) is 14.0. The van der Waals surface area contributed by atoms with Gasteiger partial charge in [0.1, 0.15) is 16.5 Å². The fourth-order valence-corrected chi connectivity index (χ4v) is 7.46. The third-order valence-electron chi connectivity index (χ3n) is 9.51. The number of unbranched alkanes of at least 4 members (excludes halogenated alkanes) is 1. The van der Waals surface area contributed by atoms with E-state index in [0.29, 0.717) is 23.9 Å². The van der Waals surface area contributed by atoms with Gasteiger partial charge in [-0.2, -0.15) is 0 Å². The van der Waals surface area contributed by atoms with Crippen molar-refractivity contribution >= 4 is 33.7 Å². The van der Waals surface area contributed by atoms with Crippen molar-refractivity contribution in [2.75, 3.05) is 80.9 Å². The summed E-state index contributed by atoms with van der Waals surface area (Å²) in [5.74, 6) is 3.57. The molecule has 1 fully saturated rings. The summed E-state index contributed by atoms with van der Waals surface area (Å²) in [4.78, 5) is 9.84. The van der Waals surface area contributed by atoms with Crippen molar-refractivity contribution < 1.29 is 28.4 Å². The molecule has 1 saturated heterocycles. The molecular weight excluding hydrogens is 687 g/mol. The molecule has 280 valence electrons. The van der Waals surface area contributed by atoms with E-state index in [9.17, 15) is 0 Å². The molecule has 2 heterocycles. The van der Waals surface area contributed by atoms with Crippen molar-refractivity contribution in [1.29, 1.82) is 0 Å². The Morgan fingerprint density at radius 3 is 2.13 bits per heavy atom. The Balaban J connectivity index is 0.856. The van der Waals surface area contributed by atoms with Gasteiger partial charge < -0.3 is 33.3 Å². The number of rotatable bonds is 19. The van der Waals surface area contributed by atoms with Gasteiger partial charge in [0.2, 0.25) is 5.75 Å². The highest BCUT2D eigenvalue weighted by molar-refractivity contribution is 7.21. The van der Waals surface area contributed by atoms with Crippen molar-refractivity contribution in [2.24, 2.45) is 0 Å². The van der Waals surface area contributed by atoms with E-state index in [0.717, 1.165) is 104 Å². The number of nitrogens with zero attached hydrogens (tertiary/aromatic N) is 3. The first-order chi connectivity index (χ1) is 26.0. The lowest BCUT2D eigenvalue weighted by molar-refractivity contribution is 0.0306. The lowest BCUT2D eigenvalue weighted by atomic mass is 10.1. The number of piperazine rings is 1. The van der Waals surface area contributed by atoms with E-state index < -0.39 is 0 Å². The summed E-state index contributed by atoms with van der Waals surface area (Å²) >= 11 is 1.72. The van der Waals surface area contributed by atoms with Crippen molar-refractivity contribution in [1.82, 2.24) is 14.8 Å². The number of ether oxygens (including phenoxy) is 6. The highest BCUT2D eigenvalue weighted by Crippen LogP contribution is 2.38. The highest BCUT2D eigenvalue weighted by atomic mass is 32.1. The second-order valence-electron chi connectivity index (χ2n) is 13.1. The summed E-state index contributed by atoms with van der Waals surface area (Å²) < 4.78 is 35.7. The maximum absolute atomic E-state index is 6.16. The predicted molar refractivity (Wildman–Crippen MR) is 215 cm³/mol. The van der Waals surface area contributed by atoms with Crippen LogP contribution in [0.25, 0.3) is 32.9 Å². The molecule has 5 aromatic rings. The third-order valence-corrected chi connectivity index (χ3v) is 10.6. The average Bonchev–Trinajstić information content (AvgIpc) is 3.64. The minimum Gasteiger partial charge on any atom is -0.494 e. The van der Waals surface area contributed by atoms with Crippen LogP contribution in [0.1, 0.15) is 30.4 Å². The van der Waals surface area contributed by atoms with Crippen molar-refractivity contribution in [3.8, 4) is 39.3 Å². The van der Waals surface area contributed by atoms with E-state index in [1.807, 2.05) is 48.6 Å². The first-order valence-electron chi connectivity index (χ1n) is 18.3. The third kappa shape index (κ3) is 10.7. The van der Waals surface area contributed by atoms with Gasteiger partial charge >= 0.3 is 0 Å². The van der Waals surface area contributed by atoms with Gasteiger partial charge in [-0.05, 0) is 91.2 Å². The van der Waals surface area contributed by atoms with Gasteiger partial charge in [-0.25, -0.2) is 4.98 Å². The largest absolute Gasteiger partial charge is 0.494 e. The highest BCUT2D eigenvalue weighted by Gasteiger charge is 2.20. The Hall–Kier alpha value is -4.61. The number of aromatic nitrogens is 1. The van der Waals surface area contributed by atoms with E-state index in [1.54, 1.807) is 39.8 Å². The molecule has 0 spiro atoms. The van der Waals surface area contributed by atoms with Crippen molar-refractivity contribution in [3.05, 3.63) is 96.1 Å². The molecule has 0 aliphatic carbocycles. The van der Waals surface area contributed by atoms with Crippen LogP contribution < -0.4 is 23.7 Å². The molecule has 0 N–H and O–H groups in total. The Morgan fingerprint density at radius 1 is 0.698 bits per heavy atom. The number of para-hydroxylation sites is 1. The first kappa shape index (κ1) is 38.1. The Labute approximate surface area is 317 Å². The second-order valence-corrected chi connectivity index (χ2v) is 14.1. The number of hydrogen-bond donors (Lipinski definition) is 0. The average molecular weight is 738 g/mol. The topological polar surface area (TPSA) is 74.8 Å². The molecular formula is C43H51N3O6S. The normalized spacial score (nSPS) is 14.4. The molecule has 1 atom stereocenters. The van der Waals surface area contributed by atoms with Crippen LogP contribution in [0, 0.1) is 0 Å². The van der Waals surface area contributed by atoms with Gasteiger partial charge in [-0.15, -0.1) is 11.3 Å². The van der Waals surface area contributed by atoms with Gasteiger partial charge in [0.15, 0.2) is 11.5 Å². The number of benzene rings is 4. The zero-order valence-corrected chi connectivity index (χ0v) is 32.1. The van der Waals surface area contributed by atoms with Crippen LogP contribution in [-0.4, -0.2) is 102 Å². The number of thiazole rings is 1. The molecule has 1 aromatic heterocycles. The van der Waals surface area contributed by atoms with Gasteiger partial charge in [0, 0.05) is 51.8 Å². The van der Waals surface area contributed by atoms with E-state index in [4.69, 9.17) is 33.4 Å². The summed E-state index contributed by atoms with van der Waals surface area (Å²) in [6.07, 6.45) is 7.18. The maximum atomic E-state index is 6.16. The van der Waals surface area contributed by atoms with E-state index in [2.05, 4.69) is 58.3 Å². The van der Waals surface area contributed by atoms with E-state index in [1.165, 1.54) is 4.70 Å². The molecule has 1 aliphatic rings. The van der Waals surface area contributed by atoms with Gasteiger partial charge in [-0.3, -0.25) is 4.90 Å². The summed E-state index contributed by atoms with van der Waals surface area (Å²) in [7, 11) is 6.64. The Morgan fingerprint density at radius 2 is 1.42 bits per heavy atom. The molecule has 0 radical (unpaired) electrons. The number of methoxy groups -OCH3 is 4.